The van der Waals surface area contributed by atoms with Crippen LogP contribution in [0.25, 0.3) is 0 Å². The van der Waals surface area contributed by atoms with Crippen molar-refractivity contribution < 1.29 is 14.7 Å². The zero-order valence-electron chi connectivity index (χ0n) is 11.2. The second kappa shape index (κ2) is 5.30. The SMILES string of the molecule is CCN(C)c1cc(C(=O)O)cc(N2CCCC2=O)c1. The molecule has 0 aromatic heterocycles. The van der Waals surface area contributed by atoms with Crippen molar-refractivity contribution in [2.24, 2.45) is 0 Å². The Morgan fingerprint density at radius 2 is 2.16 bits per heavy atom. The number of aromatic carboxylic acids is 1. The zero-order chi connectivity index (χ0) is 14.0. The summed E-state index contributed by atoms with van der Waals surface area (Å²) in [6.07, 6.45) is 1.37. The Kier molecular flexibility index (Phi) is 3.74. The Labute approximate surface area is 112 Å². The number of carboxylic acids is 1. The Morgan fingerprint density at radius 3 is 2.68 bits per heavy atom. The van der Waals surface area contributed by atoms with Gasteiger partial charge < -0.3 is 14.9 Å². The molecule has 1 heterocycles. The van der Waals surface area contributed by atoms with Crippen LogP contribution in [0.5, 0.6) is 0 Å². The summed E-state index contributed by atoms with van der Waals surface area (Å²) >= 11 is 0. The van der Waals surface area contributed by atoms with Crippen molar-refractivity contribution in [3.05, 3.63) is 23.8 Å². The van der Waals surface area contributed by atoms with Gasteiger partial charge in [-0.15, -0.1) is 0 Å². The van der Waals surface area contributed by atoms with Crippen LogP contribution in [-0.4, -0.2) is 37.1 Å². The second-order valence-electron chi connectivity index (χ2n) is 4.71. The monoisotopic (exact) mass is 262 g/mol. The Hall–Kier alpha value is -2.04. The lowest BCUT2D eigenvalue weighted by Gasteiger charge is -2.22. The van der Waals surface area contributed by atoms with Crippen molar-refractivity contribution >= 4 is 23.3 Å². The third kappa shape index (κ3) is 2.70. The Bertz CT molecular complexity index is 513. The largest absolute Gasteiger partial charge is 0.478 e. The fourth-order valence-electron chi connectivity index (χ4n) is 2.20. The number of hydrogen-bond donors (Lipinski definition) is 1. The van der Waals surface area contributed by atoms with Crippen LogP contribution in [0.4, 0.5) is 11.4 Å². The van der Waals surface area contributed by atoms with Gasteiger partial charge >= 0.3 is 5.97 Å². The molecule has 5 heteroatoms. The summed E-state index contributed by atoms with van der Waals surface area (Å²) in [5.41, 5.74) is 1.71. The van der Waals surface area contributed by atoms with Crippen molar-refractivity contribution in [1.82, 2.24) is 0 Å². The number of carbonyl (C=O) groups is 2. The van der Waals surface area contributed by atoms with Crippen LogP contribution >= 0.6 is 0 Å². The molecule has 1 aliphatic heterocycles. The summed E-state index contributed by atoms with van der Waals surface area (Å²) in [6, 6.07) is 5.08. The van der Waals surface area contributed by atoms with Gasteiger partial charge in [-0.3, -0.25) is 4.79 Å². The lowest BCUT2D eigenvalue weighted by Crippen LogP contribution is -2.25. The summed E-state index contributed by atoms with van der Waals surface area (Å²) in [5.74, 6) is -0.910. The van der Waals surface area contributed by atoms with Crippen LogP contribution in [0.15, 0.2) is 18.2 Å². The van der Waals surface area contributed by atoms with Crippen molar-refractivity contribution in [3.8, 4) is 0 Å². The van der Waals surface area contributed by atoms with Gasteiger partial charge in [-0.25, -0.2) is 4.79 Å². The maximum atomic E-state index is 11.8. The first kappa shape index (κ1) is 13.4. The van der Waals surface area contributed by atoms with Crippen LogP contribution in [0.1, 0.15) is 30.1 Å². The van der Waals surface area contributed by atoms with Crippen LogP contribution in [0.2, 0.25) is 0 Å². The molecule has 19 heavy (non-hydrogen) atoms. The van der Waals surface area contributed by atoms with Gasteiger partial charge in [0.1, 0.15) is 0 Å². The van der Waals surface area contributed by atoms with Gasteiger partial charge in [0.15, 0.2) is 0 Å². The van der Waals surface area contributed by atoms with Crippen LogP contribution in [-0.2, 0) is 4.79 Å². The van der Waals surface area contributed by atoms with Crippen molar-refractivity contribution in [3.63, 3.8) is 0 Å². The number of carbonyl (C=O) groups excluding carboxylic acids is 1. The van der Waals surface area contributed by atoms with E-state index < -0.39 is 5.97 Å². The van der Waals surface area contributed by atoms with E-state index in [9.17, 15) is 14.7 Å². The Balaban J connectivity index is 2.45. The van der Waals surface area contributed by atoms with E-state index in [1.807, 2.05) is 24.9 Å². The van der Waals surface area contributed by atoms with E-state index in [4.69, 9.17) is 0 Å². The maximum Gasteiger partial charge on any atom is 0.335 e. The first-order valence-electron chi connectivity index (χ1n) is 6.43. The lowest BCUT2D eigenvalue weighted by molar-refractivity contribution is -0.117. The van der Waals surface area contributed by atoms with Gasteiger partial charge in [-0.2, -0.15) is 0 Å². The standard InChI is InChI=1S/C14H18N2O3/c1-3-15(2)11-7-10(14(18)19)8-12(9-11)16-6-4-5-13(16)17/h7-9H,3-6H2,1-2H3,(H,18,19). The van der Waals surface area contributed by atoms with E-state index in [2.05, 4.69) is 0 Å². The Morgan fingerprint density at radius 1 is 1.42 bits per heavy atom. The van der Waals surface area contributed by atoms with E-state index in [0.717, 1.165) is 18.7 Å². The summed E-state index contributed by atoms with van der Waals surface area (Å²) in [6.45, 7) is 3.43. The molecule has 0 atom stereocenters. The number of rotatable bonds is 4. The van der Waals surface area contributed by atoms with Gasteiger partial charge in [-0.1, -0.05) is 0 Å². The number of carboxylic acid groups (broad SMARTS) is 1. The van der Waals surface area contributed by atoms with Gasteiger partial charge in [-0.05, 0) is 31.5 Å². The topological polar surface area (TPSA) is 60.9 Å². The minimum Gasteiger partial charge on any atom is -0.478 e. The van der Waals surface area contributed by atoms with Crippen LogP contribution in [0, 0.1) is 0 Å². The zero-order valence-corrected chi connectivity index (χ0v) is 11.2. The van der Waals surface area contributed by atoms with Gasteiger partial charge in [0.25, 0.3) is 0 Å². The van der Waals surface area contributed by atoms with E-state index >= 15 is 0 Å². The van der Waals surface area contributed by atoms with Gasteiger partial charge in [0, 0.05) is 37.9 Å². The molecule has 0 saturated carbocycles. The third-order valence-corrected chi connectivity index (χ3v) is 3.45. The summed E-state index contributed by atoms with van der Waals surface area (Å²) in [7, 11) is 1.90. The quantitative estimate of drug-likeness (QED) is 0.901. The maximum absolute atomic E-state index is 11.8. The van der Waals surface area contributed by atoms with Crippen molar-refractivity contribution in [1.29, 1.82) is 0 Å². The predicted octanol–water partition coefficient (Wildman–Crippen LogP) is 1.97. The van der Waals surface area contributed by atoms with E-state index in [1.165, 1.54) is 0 Å². The number of anilines is 2. The smallest absolute Gasteiger partial charge is 0.335 e. The second-order valence-corrected chi connectivity index (χ2v) is 4.71. The molecular formula is C14H18N2O3. The first-order valence-corrected chi connectivity index (χ1v) is 6.43. The molecule has 0 aliphatic carbocycles. The molecule has 0 bridgehead atoms. The fourth-order valence-corrected chi connectivity index (χ4v) is 2.20. The van der Waals surface area contributed by atoms with E-state index in [1.54, 1.807) is 17.0 Å². The molecule has 0 radical (unpaired) electrons. The molecule has 1 fully saturated rings. The third-order valence-electron chi connectivity index (χ3n) is 3.45. The number of benzene rings is 1. The molecule has 1 amide bonds. The van der Waals surface area contributed by atoms with Gasteiger partial charge in [0.2, 0.25) is 5.91 Å². The van der Waals surface area contributed by atoms with Crippen LogP contribution in [0.3, 0.4) is 0 Å². The highest BCUT2D eigenvalue weighted by molar-refractivity contribution is 5.98. The average molecular weight is 262 g/mol. The molecule has 102 valence electrons. The highest BCUT2D eigenvalue weighted by atomic mass is 16.4. The molecular weight excluding hydrogens is 244 g/mol. The lowest BCUT2D eigenvalue weighted by atomic mass is 10.1. The first-order chi connectivity index (χ1) is 9.02. The number of amides is 1. The van der Waals surface area contributed by atoms with E-state index in [-0.39, 0.29) is 11.5 Å². The highest BCUT2D eigenvalue weighted by Crippen LogP contribution is 2.28. The van der Waals surface area contributed by atoms with Crippen LogP contribution < -0.4 is 9.80 Å². The summed E-state index contributed by atoms with van der Waals surface area (Å²) < 4.78 is 0. The molecule has 1 aliphatic rings. The minimum atomic E-state index is -0.973. The molecule has 0 unspecified atom stereocenters. The number of nitrogens with zero attached hydrogens (tertiary/aromatic N) is 2. The van der Waals surface area contributed by atoms with E-state index in [0.29, 0.717) is 18.7 Å². The summed E-state index contributed by atoms with van der Waals surface area (Å²) in [4.78, 5) is 26.6. The molecule has 2 rings (SSSR count). The normalized spacial score (nSPS) is 14.8. The fraction of sp³-hybridized carbons (Fsp3) is 0.429. The molecule has 1 aromatic carbocycles. The molecule has 0 spiro atoms. The van der Waals surface area contributed by atoms with Crippen molar-refractivity contribution in [2.75, 3.05) is 29.9 Å². The average Bonchev–Trinajstić information content (AvgIpc) is 2.83. The summed E-state index contributed by atoms with van der Waals surface area (Å²) in [5, 5.41) is 9.17. The van der Waals surface area contributed by atoms with Gasteiger partial charge in [0.05, 0.1) is 5.56 Å². The molecule has 1 aromatic rings. The predicted molar refractivity (Wildman–Crippen MR) is 73.9 cm³/mol. The number of hydrogen-bond acceptors (Lipinski definition) is 3. The van der Waals surface area contributed by atoms with Crippen molar-refractivity contribution in [2.45, 2.75) is 19.8 Å². The molecule has 1 N–H and O–H groups in total. The molecule has 5 nitrogen and oxygen atoms in total. The minimum absolute atomic E-state index is 0.0626. The highest BCUT2D eigenvalue weighted by Gasteiger charge is 2.23. The molecule has 1 saturated heterocycles.